The topological polar surface area (TPSA) is 88.2 Å². The van der Waals surface area contributed by atoms with Crippen LogP contribution in [0.5, 0.6) is 0 Å². The van der Waals surface area contributed by atoms with Crippen molar-refractivity contribution in [2.45, 2.75) is 32.3 Å². The summed E-state index contributed by atoms with van der Waals surface area (Å²) in [5.41, 5.74) is 0.637. The summed E-state index contributed by atoms with van der Waals surface area (Å²) in [6.07, 6.45) is 1.85. The number of amides is 1. The predicted octanol–water partition coefficient (Wildman–Crippen LogP) is 1.76. The van der Waals surface area contributed by atoms with Crippen LogP contribution in [0.3, 0.4) is 0 Å². The summed E-state index contributed by atoms with van der Waals surface area (Å²) >= 11 is 0. The van der Waals surface area contributed by atoms with Crippen molar-refractivity contribution in [1.82, 2.24) is 9.80 Å². The molecule has 1 atom stereocenters. The molecule has 0 aromatic heterocycles. The van der Waals surface area contributed by atoms with E-state index in [0.717, 1.165) is 6.54 Å². The molecule has 8 nitrogen and oxygen atoms in total. The summed E-state index contributed by atoms with van der Waals surface area (Å²) in [6, 6.07) is 7.14. The van der Waals surface area contributed by atoms with Gasteiger partial charge in [-0.3, -0.25) is 14.4 Å². The maximum absolute atomic E-state index is 13.1. The van der Waals surface area contributed by atoms with Crippen LogP contribution < -0.4 is 5.32 Å². The van der Waals surface area contributed by atoms with E-state index in [2.05, 4.69) is 5.32 Å². The molecule has 1 aromatic rings. The molecule has 0 aliphatic carbocycles. The molecule has 2 saturated heterocycles. The van der Waals surface area contributed by atoms with Gasteiger partial charge in [0.2, 0.25) is 0 Å². The van der Waals surface area contributed by atoms with Crippen LogP contribution in [0.1, 0.15) is 36.5 Å². The highest BCUT2D eigenvalue weighted by atomic mass is 16.6. The number of nitrogens with one attached hydrogen (secondary N) is 1. The summed E-state index contributed by atoms with van der Waals surface area (Å²) in [7, 11) is 3.93. The highest BCUT2D eigenvalue weighted by Gasteiger charge is 2.50. The SMILES string of the molecule is CCOC(=O)CNc1ccccc1C(=O)N1CCC2(CC1)CC(CN(C)C)OC2=O. The molecule has 164 valence electrons. The average Bonchev–Trinajstić information content (AvgIpc) is 3.00. The monoisotopic (exact) mass is 417 g/mol. The van der Waals surface area contributed by atoms with E-state index in [4.69, 9.17) is 9.47 Å². The number of hydrogen-bond acceptors (Lipinski definition) is 7. The zero-order valence-corrected chi connectivity index (χ0v) is 18.0. The van der Waals surface area contributed by atoms with Crippen molar-refractivity contribution in [2.24, 2.45) is 5.41 Å². The van der Waals surface area contributed by atoms with Crippen LogP contribution >= 0.6 is 0 Å². The van der Waals surface area contributed by atoms with E-state index < -0.39 is 5.41 Å². The van der Waals surface area contributed by atoms with E-state index in [1.165, 1.54) is 0 Å². The number of para-hydroxylation sites is 1. The quantitative estimate of drug-likeness (QED) is 0.677. The molecule has 30 heavy (non-hydrogen) atoms. The zero-order valence-electron chi connectivity index (χ0n) is 18.0. The number of carbonyl (C=O) groups is 3. The van der Waals surface area contributed by atoms with Gasteiger partial charge >= 0.3 is 11.9 Å². The van der Waals surface area contributed by atoms with E-state index in [-0.39, 0.29) is 30.5 Å². The third-order valence-electron chi connectivity index (χ3n) is 5.79. The Labute approximate surface area is 177 Å². The van der Waals surface area contributed by atoms with E-state index in [1.54, 1.807) is 30.0 Å². The smallest absolute Gasteiger partial charge is 0.325 e. The molecule has 8 heteroatoms. The Balaban J connectivity index is 1.62. The summed E-state index contributed by atoms with van der Waals surface area (Å²) in [4.78, 5) is 41.1. The molecule has 2 heterocycles. The molecule has 1 amide bonds. The number of esters is 2. The van der Waals surface area contributed by atoms with E-state index in [0.29, 0.717) is 50.2 Å². The van der Waals surface area contributed by atoms with Gasteiger partial charge in [0, 0.05) is 31.7 Å². The molecule has 1 N–H and O–H groups in total. The van der Waals surface area contributed by atoms with Gasteiger partial charge in [-0.2, -0.15) is 0 Å². The molecular weight excluding hydrogens is 386 g/mol. The van der Waals surface area contributed by atoms with Gasteiger partial charge in [0.25, 0.3) is 5.91 Å². The Bertz CT molecular complexity index is 787. The number of carbonyl (C=O) groups excluding carboxylic acids is 3. The van der Waals surface area contributed by atoms with Crippen molar-refractivity contribution in [1.29, 1.82) is 0 Å². The maximum Gasteiger partial charge on any atom is 0.325 e. The van der Waals surface area contributed by atoms with Crippen molar-refractivity contribution < 1.29 is 23.9 Å². The van der Waals surface area contributed by atoms with Crippen molar-refractivity contribution in [2.75, 3.05) is 52.2 Å². The zero-order chi connectivity index (χ0) is 21.7. The van der Waals surface area contributed by atoms with Gasteiger partial charge in [-0.25, -0.2) is 0 Å². The highest BCUT2D eigenvalue weighted by Crippen LogP contribution is 2.43. The van der Waals surface area contributed by atoms with Crippen molar-refractivity contribution in [3.05, 3.63) is 29.8 Å². The Kier molecular flexibility index (Phi) is 6.97. The molecule has 1 unspecified atom stereocenters. The summed E-state index contributed by atoms with van der Waals surface area (Å²) in [5.74, 6) is -0.599. The van der Waals surface area contributed by atoms with Gasteiger partial charge in [0.05, 0.1) is 17.6 Å². The normalized spacial score (nSPS) is 20.3. The summed E-state index contributed by atoms with van der Waals surface area (Å²) < 4.78 is 10.5. The first-order chi connectivity index (χ1) is 14.3. The first-order valence-electron chi connectivity index (χ1n) is 10.5. The minimum absolute atomic E-state index is 0.000346. The first-order valence-corrected chi connectivity index (χ1v) is 10.5. The number of benzene rings is 1. The van der Waals surface area contributed by atoms with Crippen LogP contribution in [-0.2, 0) is 19.1 Å². The number of hydrogen-bond donors (Lipinski definition) is 1. The number of nitrogens with zero attached hydrogens (tertiary/aromatic N) is 2. The van der Waals surface area contributed by atoms with Crippen LogP contribution in [0.25, 0.3) is 0 Å². The molecule has 0 bridgehead atoms. The molecule has 0 radical (unpaired) electrons. The van der Waals surface area contributed by atoms with Gasteiger partial charge in [0.15, 0.2) is 0 Å². The highest BCUT2D eigenvalue weighted by molar-refractivity contribution is 6.00. The predicted molar refractivity (Wildman–Crippen MR) is 112 cm³/mol. The molecule has 0 saturated carbocycles. The fourth-order valence-electron chi connectivity index (χ4n) is 4.27. The molecule has 2 aliphatic heterocycles. The average molecular weight is 418 g/mol. The lowest BCUT2D eigenvalue weighted by Crippen LogP contribution is -2.45. The Hall–Kier alpha value is -2.61. The second-order valence-corrected chi connectivity index (χ2v) is 8.27. The summed E-state index contributed by atoms with van der Waals surface area (Å²) in [5, 5.41) is 3.00. The van der Waals surface area contributed by atoms with Gasteiger partial charge < -0.3 is 24.6 Å². The third kappa shape index (κ3) is 4.92. The van der Waals surface area contributed by atoms with Crippen LogP contribution in [0.4, 0.5) is 5.69 Å². The Morgan fingerprint density at radius 2 is 1.97 bits per heavy atom. The van der Waals surface area contributed by atoms with Crippen LogP contribution in [0.2, 0.25) is 0 Å². The van der Waals surface area contributed by atoms with E-state index >= 15 is 0 Å². The first kappa shape index (κ1) is 22.1. The number of cyclic esters (lactones) is 1. The van der Waals surface area contributed by atoms with Crippen LogP contribution in [0.15, 0.2) is 24.3 Å². The number of likely N-dealkylation sites (tertiary alicyclic amines) is 1. The van der Waals surface area contributed by atoms with Gasteiger partial charge in [-0.1, -0.05) is 12.1 Å². The lowest BCUT2D eigenvalue weighted by atomic mass is 9.76. The van der Waals surface area contributed by atoms with Crippen molar-refractivity contribution >= 4 is 23.5 Å². The molecular formula is C22H31N3O5. The number of anilines is 1. The van der Waals surface area contributed by atoms with Crippen molar-refractivity contribution in [3.8, 4) is 0 Å². The van der Waals surface area contributed by atoms with Gasteiger partial charge in [0.1, 0.15) is 12.6 Å². The number of ether oxygens (including phenoxy) is 2. The summed E-state index contributed by atoms with van der Waals surface area (Å²) in [6.45, 7) is 3.80. The molecule has 3 rings (SSSR count). The van der Waals surface area contributed by atoms with E-state index in [1.807, 2.05) is 25.1 Å². The fraction of sp³-hybridized carbons (Fsp3) is 0.591. The minimum atomic E-state index is -0.473. The van der Waals surface area contributed by atoms with Gasteiger partial charge in [-0.05, 0) is 46.0 Å². The van der Waals surface area contributed by atoms with Gasteiger partial charge in [-0.15, -0.1) is 0 Å². The minimum Gasteiger partial charge on any atom is -0.465 e. The standard InChI is InChI=1S/C22H31N3O5/c1-4-29-19(26)14-23-18-8-6-5-7-17(18)20(27)25-11-9-22(10-12-25)13-16(15-24(2)3)30-21(22)28/h5-8,16,23H,4,9-15H2,1-3H3. The second-order valence-electron chi connectivity index (χ2n) is 8.27. The molecule has 1 spiro atoms. The third-order valence-corrected chi connectivity index (χ3v) is 5.79. The van der Waals surface area contributed by atoms with Crippen LogP contribution in [0, 0.1) is 5.41 Å². The number of rotatable bonds is 7. The van der Waals surface area contributed by atoms with E-state index in [9.17, 15) is 14.4 Å². The van der Waals surface area contributed by atoms with Crippen molar-refractivity contribution in [3.63, 3.8) is 0 Å². The Morgan fingerprint density at radius 3 is 2.63 bits per heavy atom. The second kappa shape index (κ2) is 9.47. The molecule has 1 aromatic carbocycles. The lowest BCUT2D eigenvalue weighted by molar-refractivity contribution is -0.150. The largest absolute Gasteiger partial charge is 0.465 e. The maximum atomic E-state index is 13.1. The molecule has 2 aliphatic rings. The van der Waals surface area contributed by atoms with Crippen LogP contribution in [-0.4, -0.2) is 80.6 Å². The Morgan fingerprint density at radius 1 is 1.27 bits per heavy atom. The fourth-order valence-corrected chi connectivity index (χ4v) is 4.27. The number of likely N-dealkylation sites (N-methyl/N-ethyl adjacent to an activating group) is 1. The number of piperidine rings is 1. The lowest BCUT2D eigenvalue weighted by Gasteiger charge is -2.36. The molecule has 2 fully saturated rings.